The van der Waals surface area contributed by atoms with Gasteiger partial charge in [-0.25, -0.2) is 4.98 Å². The molecule has 3 rings (SSSR count). The average Bonchev–Trinajstić information content (AvgIpc) is 2.69. The molecule has 2 aromatic rings. The number of carbonyl (C=O) groups is 2. The normalized spacial score (nSPS) is 15.5. The molecule has 1 aromatic carbocycles. The molecule has 1 fully saturated rings. The van der Waals surface area contributed by atoms with E-state index in [4.69, 9.17) is 16.2 Å². The summed E-state index contributed by atoms with van der Waals surface area (Å²) in [5, 5.41) is 2.86. The Bertz CT molecular complexity index is 887. The topological polar surface area (TPSA) is 133 Å². The maximum absolute atomic E-state index is 13.2. The van der Waals surface area contributed by atoms with E-state index in [1.165, 1.54) is 12.3 Å². The van der Waals surface area contributed by atoms with Crippen LogP contribution in [0.1, 0.15) is 28.8 Å². The number of rotatable bonds is 4. The van der Waals surface area contributed by atoms with Crippen molar-refractivity contribution in [3.05, 3.63) is 58.2 Å². The molecule has 1 aromatic heterocycles. The number of aromatic nitrogens is 1. The summed E-state index contributed by atoms with van der Waals surface area (Å²) in [7, 11) is 0. The van der Waals surface area contributed by atoms with E-state index in [1.54, 1.807) is 6.07 Å². The van der Waals surface area contributed by atoms with Gasteiger partial charge in [-0.2, -0.15) is 4.99 Å². The lowest BCUT2D eigenvalue weighted by molar-refractivity contribution is -0.125. The third-order valence-corrected chi connectivity index (χ3v) is 5.19. The number of pyridine rings is 1. The van der Waals surface area contributed by atoms with Gasteiger partial charge in [0.15, 0.2) is 5.96 Å². The van der Waals surface area contributed by atoms with Crippen LogP contribution in [0.4, 0.5) is 5.82 Å². The zero-order valence-corrected chi connectivity index (χ0v) is 16.6. The Morgan fingerprint density at radius 2 is 1.79 bits per heavy atom. The molecule has 28 heavy (non-hydrogen) atoms. The summed E-state index contributed by atoms with van der Waals surface area (Å²) in [6.45, 7) is 1.01. The van der Waals surface area contributed by atoms with E-state index < -0.39 is 11.3 Å². The Labute approximate surface area is 170 Å². The molecule has 0 bridgehead atoms. The predicted molar refractivity (Wildman–Crippen MR) is 109 cm³/mol. The van der Waals surface area contributed by atoms with Crippen LogP contribution in [0.3, 0.4) is 0 Å². The van der Waals surface area contributed by atoms with E-state index >= 15 is 0 Å². The number of guanidine groups is 1. The monoisotopic (exact) mass is 445 g/mol. The van der Waals surface area contributed by atoms with Crippen LogP contribution in [-0.2, 0) is 14.9 Å². The number of ether oxygens (including phenoxy) is 1. The van der Waals surface area contributed by atoms with Gasteiger partial charge in [0.25, 0.3) is 5.91 Å². The molecule has 0 spiro atoms. The third kappa shape index (κ3) is 4.37. The van der Waals surface area contributed by atoms with Crippen LogP contribution < -0.4 is 16.8 Å². The van der Waals surface area contributed by atoms with Crippen LogP contribution in [0.5, 0.6) is 0 Å². The van der Waals surface area contributed by atoms with Crippen molar-refractivity contribution in [3.63, 3.8) is 0 Å². The Morgan fingerprint density at radius 1 is 1.11 bits per heavy atom. The van der Waals surface area contributed by atoms with E-state index in [1.807, 2.05) is 24.3 Å². The minimum atomic E-state index is -0.701. The first-order valence-electron chi connectivity index (χ1n) is 8.66. The molecule has 146 valence electrons. The van der Waals surface area contributed by atoms with Crippen molar-refractivity contribution in [2.24, 2.45) is 16.5 Å². The van der Waals surface area contributed by atoms with Crippen molar-refractivity contribution in [2.45, 2.75) is 18.3 Å². The Hall–Kier alpha value is -2.78. The number of benzene rings is 1. The van der Waals surface area contributed by atoms with E-state index in [0.29, 0.717) is 31.9 Å². The summed E-state index contributed by atoms with van der Waals surface area (Å²) < 4.78 is 6.41. The second-order valence-corrected chi connectivity index (χ2v) is 7.35. The number of aliphatic imine (C=N–C) groups is 1. The van der Waals surface area contributed by atoms with Crippen LogP contribution in [0.25, 0.3) is 0 Å². The maximum atomic E-state index is 13.2. The largest absolute Gasteiger partial charge is 0.381 e. The highest BCUT2D eigenvalue weighted by Gasteiger charge is 2.41. The Kier molecular flexibility index (Phi) is 6.05. The van der Waals surface area contributed by atoms with Crippen LogP contribution >= 0.6 is 15.9 Å². The van der Waals surface area contributed by atoms with Gasteiger partial charge in [0.05, 0.1) is 11.0 Å². The molecule has 2 heterocycles. The lowest BCUT2D eigenvalue weighted by Gasteiger charge is -2.36. The van der Waals surface area contributed by atoms with Crippen molar-refractivity contribution in [2.75, 3.05) is 18.5 Å². The highest BCUT2D eigenvalue weighted by Crippen LogP contribution is 2.36. The van der Waals surface area contributed by atoms with Crippen LogP contribution in [0.15, 0.2) is 52.1 Å². The van der Waals surface area contributed by atoms with Gasteiger partial charge in [-0.1, -0.05) is 28.1 Å². The summed E-state index contributed by atoms with van der Waals surface area (Å²) in [6, 6.07) is 10.8. The predicted octanol–water partition coefficient (Wildman–Crippen LogP) is 1.94. The molecule has 0 unspecified atom stereocenters. The second-order valence-electron chi connectivity index (χ2n) is 6.43. The number of carbonyl (C=O) groups excluding carboxylic acids is 2. The molecule has 2 amide bonds. The minimum absolute atomic E-state index is 0.158. The van der Waals surface area contributed by atoms with E-state index in [9.17, 15) is 9.59 Å². The average molecular weight is 446 g/mol. The number of nitrogens with one attached hydrogen (secondary N) is 1. The number of hydrogen-bond donors (Lipinski definition) is 3. The molecule has 0 aliphatic carbocycles. The SMILES string of the molecule is NC(N)=NC(=O)c1ccc(NC(=O)C2(c3ccc(Br)cc3)CCOCC2)nc1. The molecule has 1 aliphatic heterocycles. The Morgan fingerprint density at radius 3 is 2.36 bits per heavy atom. The quantitative estimate of drug-likeness (QED) is 0.486. The molecular formula is C19H20BrN5O3. The fourth-order valence-corrected chi connectivity index (χ4v) is 3.41. The first-order valence-corrected chi connectivity index (χ1v) is 9.45. The number of nitrogens with two attached hydrogens (primary N) is 2. The smallest absolute Gasteiger partial charge is 0.281 e. The van der Waals surface area contributed by atoms with Gasteiger partial charge in [-0.15, -0.1) is 0 Å². The second kappa shape index (κ2) is 8.49. The lowest BCUT2D eigenvalue weighted by atomic mass is 9.73. The molecule has 0 radical (unpaired) electrons. The zero-order chi connectivity index (χ0) is 20.1. The molecule has 8 nitrogen and oxygen atoms in total. The molecule has 1 aliphatic rings. The van der Waals surface area contributed by atoms with Gasteiger partial charge in [0.1, 0.15) is 5.82 Å². The van der Waals surface area contributed by atoms with E-state index in [2.05, 4.69) is 31.2 Å². The zero-order valence-electron chi connectivity index (χ0n) is 15.0. The molecule has 0 saturated carbocycles. The number of amides is 2. The van der Waals surface area contributed by atoms with Gasteiger partial charge >= 0.3 is 0 Å². The first kappa shape index (κ1) is 20.0. The van der Waals surface area contributed by atoms with Gasteiger partial charge in [0.2, 0.25) is 5.91 Å². The first-order chi connectivity index (χ1) is 13.4. The van der Waals surface area contributed by atoms with Gasteiger partial charge in [-0.05, 0) is 42.7 Å². The summed E-state index contributed by atoms with van der Waals surface area (Å²) in [6.07, 6.45) is 2.46. The van der Waals surface area contributed by atoms with E-state index in [0.717, 1.165) is 10.0 Å². The molecule has 9 heteroatoms. The molecule has 1 saturated heterocycles. The fourth-order valence-electron chi connectivity index (χ4n) is 3.15. The standard InChI is InChI=1S/C19H20BrN5O3/c20-14-4-2-13(3-5-14)19(7-9-28-10-8-19)17(27)24-15-6-1-12(11-23-15)16(26)25-18(21)22/h1-6,11H,7-10H2,(H,23,24,27)(H4,21,22,25,26). The van der Waals surface area contributed by atoms with Crippen molar-refractivity contribution < 1.29 is 14.3 Å². The third-order valence-electron chi connectivity index (χ3n) is 4.66. The van der Waals surface area contributed by atoms with Crippen molar-refractivity contribution >= 4 is 39.5 Å². The van der Waals surface area contributed by atoms with Crippen molar-refractivity contribution in [1.29, 1.82) is 0 Å². The van der Waals surface area contributed by atoms with E-state index in [-0.39, 0.29) is 17.4 Å². The summed E-state index contributed by atoms with van der Waals surface area (Å²) >= 11 is 3.42. The molecular weight excluding hydrogens is 426 g/mol. The van der Waals surface area contributed by atoms with Crippen molar-refractivity contribution in [1.82, 2.24) is 4.98 Å². The molecule has 5 N–H and O–H groups in total. The number of anilines is 1. The summed E-state index contributed by atoms with van der Waals surface area (Å²) in [5.74, 6) is -0.734. The number of halogens is 1. The summed E-state index contributed by atoms with van der Waals surface area (Å²) in [4.78, 5) is 32.6. The Balaban J connectivity index is 1.81. The van der Waals surface area contributed by atoms with Crippen LogP contribution in [-0.4, -0.2) is 36.0 Å². The fraction of sp³-hybridized carbons (Fsp3) is 0.263. The maximum Gasteiger partial charge on any atom is 0.281 e. The highest BCUT2D eigenvalue weighted by atomic mass is 79.9. The summed E-state index contributed by atoms with van der Waals surface area (Å²) in [5.41, 5.74) is 10.9. The minimum Gasteiger partial charge on any atom is -0.381 e. The van der Waals surface area contributed by atoms with Crippen LogP contribution in [0.2, 0.25) is 0 Å². The number of hydrogen-bond acceptors (Lipinski definition) is 4. The van der Waals surface area contributed by atoms with Crippen molar-refractivity contribution in [3.8, 4) is 0 Å². The van der Waals surface area contributed by atoms with Gasteiger partial charge in [0, 0.05) is 23.9 Å². The van der Waals surface area contributed by atoms with Crippen LogP contribution in [0, 0.1) is 0 Å². The molecule has 0 atom stereocenters. The number of nitrogens with zero attached hydrogens (tertiary/aromatic N) is 2. The van der Waals surface area contributed by atoms with Gasteiger partial charge < -0.3 is 21.5 Å². The van der Waals surface area contributed by atoms with Gasteiger partial charge in [-0.3, -0.25) is 9.59 Å². The highest BCUT2D eigenvalue weighted by molar-refractivity contribution is 9.10. The lowest BCUT2D eigenvalue weighted by Crippen LogP contribution is -2.45.